The first-order valence-corrected chi connectivity index (χ1v) is 5.63. The Morgan fingerprint density at radius 1 is 1.50 bits per heavy atom. The lowest BCUT2D eigenvalue weighted by molar-refractivity contribution is 0.0954. The molecule has 1 aromatic heterocycles. The van der Waals surface area contributed by atoms with E-state index in [9.17, 15) is 4.79 Å². The molecule has 0 spiro atoms. The van der Waals surface area contributed by atoms with E-state index in [2.05, 4.69) is 26.1 Å². The molecule has 0 unspecified atom stereocenters. The normalized spacial score (nSPS) is 11.5. The van der Waals surface area contributed by atoms with Crippen LogP contribution in [0.15, 0.2) is 12.3 Å². The van der Waals surface area contributed by atoms with Gasteiger partial charge in [0.05, 0.1) is 5.56 Å². The summed E-state index contributed by atoms with van der Waals surface area (Å²) in [5, 5.41) is 2.82. The van der Waals surface area contributed by atoms with E-state index in [1.807, 2.05) is 17.7 Å². The number of nitrogen functional groups attached to an aromatic ring is 1. The molecule has 0 radical (unpaired) electrons. The van der Waals surface area contributed by atoms with E-state index in [1.165, 1.54) is 0 Å². The zero-order valence-electron chi connectivity index (χ0n) is 10.5. The number of aromatic nitrogens is 1. The summed E-state index contributed by atoms with van der Waals surface area (Å²) in [6.45, 7) is 8.86. The molecule has 0 aromatic carbocycles. The highest BCUT2D eigenvalue weighted by atomic mass is 16.1. The van der Waals surface area contributed by atoms with Crippen LogP contribution in [-0.4, -0.2) is 17.0 Å². The Bertz CT molecular complexity index is 374. The van der Waals surface area contributed by atoms with Crippen molar-refractivity contribution in [1.29, 1.82) is 0 Å². The standard InChI is InChI=1S/C12H21N3O/c1-5-7-14-11(16)9-6-8-15(10(9)13)12(2,3)4/h6,8H,5,7,13H2,1-4H3,(H,14,16). The zero-order chi connectivity index (χ0) is 12.3. The first-order chi connectivity index (χ1) is 7.38. The van der Waals surface area contributed by atoms with E-state index in [1.54, 1.807) is 6.07 Å². The molecule has 0 aliphatic carbocycles. The Morgan fingerprint density at radius 3 is 2.56 bits per heavy atom. The highest BCUT2D eigenvalue weighted by Crippen LogP contribution is 2.23. The Balaban J connectivity index is 2.92. The second-order valence-corrected chi connectivity index (χ2v) is 4.91. The molecular weight excluding hydrogens is 202 g/mol. The number of anilines is 1. The van der Waals surface area contributed by atoms with Crippen LogP contribution in [0.2, 0.25) is 0 Å². The smallest absolute Gasteiger partial charge is 0.255 e. The number of carbonyl (C=O) groups is 1. The summed E-state index contributed by atoms with van der Waals surface area (Å²) in [7, 11) is 0. The molecule has 0 atom stereocenters. The van der Waals surface area contributed by atoms with Crippen LogP contribution in [0.25, 0.3) is 0 Å². The topological polar surface area (TPSA) is 60.0 Å². The van der Waals surface area contributed by atoms with Crippen molar-refractivity contribution < 1.29 is 4.79 Å². The van der Waals surface area contributed by atoms with Crippen LogP contribution in [0.1, 0.15) is 44.5 Å². The number of amides is 1. The lowest BCUT2D eigenvalue weighted by Gasteiger charge is -2.23. The number of nitrogens with one attached hydrogen (secondary N) is 1. The van der Waals surface area contributed by atoms with Crippen molar-refractivity contribution in [2.45, 2.75) is 39.7 Å². The van der Waals surface area contributed by atoms with Gasteiger partial charge in [-0.25, -0.2) is 0 Å². The Hall–Kier alpha value is -1.45. The van der Waals surface area contributed by atoms with E-state index in [0.717, 1.165) is 6.42 Å². The number of nitrogens with zero attached hydrogens (tertiary/aromatic N) is 1. The van der Waals surface area contributed by atoms with Crippen molar-refractivity contribution in [3.63, 3.8) is 0 Å². The Morgan fingerprint density at radius 2 is 2.12 bits per heavy atom. The summed E-state index contributed by atoms with van der Waals surface area (Å²) in [6.07, 6.45) is 2.78. The summed E-state index contributed by atoms with van der Waals surface area (Å²) in [4.78, 5) is 11.8. The van der Waals surface area contributed by atoms with Crippen LogP contribution < -0.4 is 11.1 Å². The minimum atomic E-state index is -0.104. The van der Waals surface area contributed by atoms with Crippen LogP contribution in [-0.2, 0) is 5.54 Å². The predicted octanol–water partition coefficient (Wildman–Crippen LogP) is 1.97. The first-order valence-electron chi connectivity index (χ1n) is 5.63. The number of carbonyl (C=O) groups excluding carboxylic acids is 1. The summed E-state index contributed by atoms with van der Waals surface area (Å²) >= 11 is 0. The van der Waals surface area contributed by atoms with Crippen LogP contribution >= 0.6 is 0 Å². The van der Waals surface area contributed by atoms with Crippen molar-refractivity contribution in [1.82, 2.24) is 9.88 Å². The molecule has 90 valence electrons. The average molecular weight is 223 g/mol. The number of rotatable bonds is 3. The minimum absolute atomic E-state index is 0.0950. The van der Waals surface area contributed by atoms with Gasteiger partial charge in [-0.2, -0.15) is 0 Å². The quantitative estimate of drug-likeness (QED) is 0.823. The van der Waals surface area contributed by atoms with Gasteiger partial charge in [0.15, 0.2) is 0 Å². The number of hydrogen-bond donors (Lipinski definition) is 2. The maximum atomic E-state index is 11.8. The number of hydrogen-bond acceptors (Lipinski definition) is 2. The summed E-state index contributed by atoms with van der Waals surface area (Å²) in [5.41, 5.74) is 6.42. The van der Waals surface area contributed by atoms with Gasteiger partial charge >= 0.3 is 0 Å². The fourth-order valence-corrected chi connectivity index (χ4v) is 1.56. The van der Waals surface area contributed by atoms with E-state index < -0.39 is 0 Å². The van der Waals surface area contributed by atoms with Gasteiger partial charge in [0, 0.05) is 18.3 Å². The van der Waals surface area contributed by atoms with E-state index >= 15 is 0 Å². The third kappa shape index (κ3) is 2.56. The molecule has 0 saturated carbocycles. The zero-order valence-corrected chi connectivity index (χ0v) is 10.5. The molecule has 16 heavy (non-hydrogen) atoms. The largest absolute Gasteiger partial charge is 0.384 e. The molecule has 4 heteroatoms. The lowest BCUT2D eigenvalue weighted by Crippen LogP contribution is -2.26. The maximum absolute atomic E-state index is 11.8. The third-order valence-electron chi connectivity index (χ3n) is 2.43. The molecule has 3 N–H and O–H groups in total. The summed E-state index contributed by atoms with van der Waals surface area (Å²) in [5.74, 6) is 0.434. The van der Waals surface area contributed by atoms with Gasteiger partial charge in [0.2, 0.25) is 0 Å². The molecule has 0 fully saturated rings. The predicted molar refractivity (Wildman–Crippen MR) is 66.5 cm³/mol. The van der Waals surface area contributed by atoms with Gasteiger partial charge in [0.1, 0.15) is 5.82 Å². The van der Waals surface area contributed by atoms with Gasteiger partial charge in [-0.15, -0.1) is 0 Å². The lowest BCUT2D eigenvalue weighted by atomic mass is 10.1. The number of nitrogens with two attached hydrogens (primary N) is 1. The summed E-state index contributed by atoms with van der Waals surface area (Å²) in [6, 6.07) is 1.77. The van der Waals surface area contributed by atoms with Gasteiger partial charge < -0.3 is 15.6 Å². The van der Waals surface area contributed by atoms with Crippen molar-refractivity contribution in [2.75, 3.05) is 12.3 Å². The van der Waals surface area contributed by atoms with Crippen molar-refractivity contribution in [3.8, 4) is 0 Å². The highest BCUT2D eigenvalue weighted by molar-refractivity contribution is 5.98. The van der Waals surface area contributed by atoms with Crippen LogP contribution in [0.4, 0.5) is 5.82 Å². The fourth-order valence-electron chi connectivity index (χ4n) is 1.56. The second kappa shape index (κ2) is 4.60. The van der Waals surface area contributed by atoms with Gasteiger partial charge in [-0.05, 0) is 33.3 Å². The van der Waals surface area contributed by atoms with Crippen molar-refractivity contribution in [3.05, 3.63) is 17.8 Å². The van der Waals surface area contributed by atoms with E-state index in [4.69, 9.17) is 5.73 Å². The summed E-state index contributed by atoms with van der Waals surface area (Å²) < 4.78 is 1.91. The highest BCUT2D eigenvalue weighted by Gasteiger charge is 2.20. The van der Waals surface area contributed by atoms with Gasteiger partial charge in [-0.1, -0.05) is 6.92 Å². The molecule has 4 nitrogen and oxygen atoms in total. The fraction of sp³-hybridized carbons (Fsp3) is 0.583. The van der Waals surface area contributed by atoms with Gasteiger partial charge in [0.25, 0.3) is 5.91 Å². The molecule has 1 amide bonds. The van der Waals surface area contributed by atoms with Crippen molar-refractivity contribution in [2.24, 2.45) is 0 Å². The van der Waals surface area contributed by atoms with Gasteiger partial charge in [-0.3, -0.25) is 4.79 Å². The van der Waals surface area contributed by atoms with Crippen LogP contribution in [0.5, 0.6) is 0 Å². The first kappa shape index (κ1) is 12.6. The van der Waals surface area contributed by atoms with E-state index in [0.29, 0.717) is 17.9 Å². The molecule has 1 heterocycles. The average Bonchev–Trinajstić information content (AvgIpc) is 2.56. The van der Waals surface area contributed by atoms with Crippen LogP contribution in [0, 0.1) is 0 Å². The minimum Gasteiger partial charge on any atom is -0.384 e. The molecule has 0 bridgehead atoms. The maximum Gasteiger partial charge on any atom is 0.255 e. The van der Waals surface area contributed by atoms with E-state index in [-0.39, 0.29) is 11.4 Å². The second-order valence-electron chi connectivity index (χ2n) is 4.91. The molecular formula is C12H21N3O. The Kier molecular flexibility index (Phi) is 3.62. The molecule has 0 saturated heterocycles. The molecule has 0 aliphatic heterocycles. The van der Waals surface area contributed by atoms with Crippen LogP contribution in [0.3, 0.4) is 0 Å². The Labute approximate surface area is 96.8 Å². The monoisotopic (exact) mass is 223 g/mol. The SMILES string of the molecule is CCCNC(=O)c1ccn(C(C)(C)C)c1N. The molecule has 1 aromatic rings. The van der Waals surface area contributed by atoms with Crippen molar-refractivity contribution >= 4 is 11.7 Å². The molecule has 1 rings (SSSR count). The third-order valence-corrected chi connectivity index (χ3v) is 2.43. The molecule has 0 aliphatic rings.